The van der Waals surface area contributed by atoms with Gasteiger partial charge in [-0.1, -0.05) is 42.5 Å². The van der Waals surface area contributed by atoms with Gasteiger partial charge in [0.25, 0.3) is 0 Å². The van der Waals surface area contributed by atoms with Crippen LogP contribution in [0, 0.1) is 0 Å². The van der Waals surface area contributed by atoms with E-state index < -0.39 is 11.8 Å². The molecule has 2 N–H and O–H groups in total. The van der Waals surface area contributed by atoms with Crippen molar-refractivity contribution in [2.24, 2.45) is 0 Å². The summed E-state index contributed by atoms with van der Waals surface area (Å²) in [7, 11) is 3.75. The number of hydrogen-bond acceptors (Lipinski definition) is 5. The molecule has 160 valence electrons. The highest BCUT2D eigenvalue weighted by molar-refractivity contribution is 6.35. The van der Waals surface area contributed by atoms with Gasteiger partial charge < -0.3 is 20.3 Å². The van der Waals surface area contributed by atoms with Crippen molar-refractivity contribution in [2.75, 3.05) is 46.9 Å². The minimum absolute atomic E-state index is 0.00419. The predicted octanol–water partition coefficient (Wildman–Crippen LogP) is 1.42. The number of benzene rings is 2. The molecule has 1 aliphatic rings. The van der Waals surface area contributed by atoms with Gasteiger partial charge in [0.2, 0.25) is 0 Å². The van der Waals surface area contributed by atoms with Crippen LogP contribution >= 0.6 is 0 Å². The van der Waals surface area contributed by atoms with Crippen molar-refractivity contribution in [3.63, 3.8) is 0 Å². The molecule has 1 atom stereocenters. The van der Waals surface area contributed by atoms with Crippen LogP contribution in [0.3, 0.4) is 0 Å². The fourth-order valence-electron chi connectivity index (χ4n) is 3.55. The first-order valence-corrected chi connectivity index (χ1v) is 10.2. The molecule has 0 spiro atoms. The maximum absolute atomic E-state index is 12.4. The molecule has 30 heavy (non-hydrogen) atoms. The van der Waals surface area contributed by atoms with Crippen LogP contribution in [0.1, 0.15) is 17.2 Å². The molecule has 1 fully saturated rings. The Labute approximate surface area is 178 Å². The number of carbonyl (C=O) groups is 2. The van der Waals surface area contributed by atoms with E-state index >= 15 is 0 Å². The van der Waals surface area contributed by atoms with Gasteiger partial charge in [-0.3, -0.25) is 14.5 Å². The van der Waals surface area contributed by atoms with Gasteiger partial charge in [0.1, 0.15) is 5.75 Å². The summed E-state index contributed by atoms with van der Waals surface area (Å²) in [5.74, 6) is -0.440. The number of methoxy groups -OCH3 is 1. The molecule has 0 aromatic heterocycles. The number of rotatable bonds is 7. The topological polar surface area (TPSA) is 73.9 Å². The fraction of sp³-hybridized carbons (Fsp3) is 0.391. The summed E-state index contributed by atoms with van der Waals surface area (Å²) < 4.78 is 5.26. The average molecular weight is 411 g/mol. The smallest absolute Gasteiger partial charge is 0.309 e. The van der Waals surface area contributed by atoms with Crippen LogP contribution < -0.4 is 15.4 Å². The zero-order valence-corrected chi connectivity index (χ0v) is 17.6. The number of amides is 2. The van der Waals surface area contributed by atoms with E-state index in [9.17, 15) is 9.59 Å². The van der Waals surface area contributed by atoms with E-state index in [-0.39, 0.29) is 6.04 Å². The Hall–Kier alpha value is -2.90. The standard InChI is InChI=1S/C23H30N4O3/c1-26-12-14-27(15-13-26)21(19-8-10-20(30-2)11-9-19)17-25-23(29)22(28)24-16-18-6-4-3-5-7-18/h3-11,21H,12-17H2,1-2H3,(H,24,28)(H,25,29). The average Bonchev–Trinajstić information content (AvgIpc) is 2.79. The van der Waals surface area contributed by atoms with E-state index in [0.29, 0.717) is 13.1 Å². The summed E-state index contributed by atoms with van der Waals surface area (Å²) in [6.45, 7) is 4.45. The number of likely N-dealkylation sites (N-methyl/N-ethyl adjacent to an activating group) is 1. The van der Waals surface area contributed by atoms with E-state index in [1.165, 1.54) is 0 Å². The van der Waals surface area contributed by atoms with E-state index in [1.54, 1.807) is 7.11 Å². The van der Waals surface area contributed by atoms with E-state index in [4.69, 9.17) is 4.74 Å². The Morgan fingerprint density at radius 1 is 0.933 bits per heavy atom. The Bertz CT molecular complexity index is 818. The summed E-state index contributed by atoms with van der Waals surface area (Å²) in [4.78, 5) is 29.2. The lowest BCUT2D eigenvalue weighted by molar-refractivity contribution is -0.139. The van der Waals surface area contributed by atoms with E-state index in [0.717, 1.165) is 43.1 Å². The second-order valence-corrected chi connectivity index (χ2v) is 7.51. The van der Waals surface area contributed by atoms with Gasteiger partial charge in [0.05, 0.1) is 13.2 Å². The highest BCUT2D eigenvalue weighted by Crippen LogP contribution is 2.23. The van der Waals surface area contributed by atoms with Crippen molar-refractivity contribution in [2.45, 2.75) is 12.6 Å². The molecule has 2 aromatic rings. The number of hydrogen-bond donors (Lipinski definition) is 2. The van der Waals surface area contributed by atoms with Crippen LogP contribution in [-0.2, 0) is 16.1 Å². The molecule has 1 aliphatic heterocycles. The maximum Gasteiger partial charge on any atom is 0.309 e. The van der Waals surface area contributed by atoms with Gasteiger partial charge in [0, 0.05) is 39.3 Å². The second-order valence-electron chi connectivity index (χ2n) is 7.51. The molecule has 3 rings (SSSR count). The lowest BCUT2D eigenvalue weighted by Crippen LogP contribution is -2.49. The van der Waals surface area contributed by atoms with Crippen LogP contribution in [0.4, 0.5) is 0 Å². The molecule has 0 radical (unpaired) electrons. The first kappa shape index (κ1) is 21.8. The Kier molecular flexibility index (Phi) is 7.82. The Morgan fingerprint density at radius 3 is 2.20 bits per heavy atom. The monoisotopic (exact) mass is 410 g/mol. The summed E-state index contributed by atoms with van der Waals surface area (Å²) >= 11 is 0. The highest BCUT2D eigenvalue weighted by atomic mass is 16.5. The molecule has 0 bridgehead atoms. The Morgan fingerprint density at radius 2 is 1.57 bits per heavy atom. The number of piperazine rings is 1. The van der Waals surface area contributed by atoms with Crippen molar-refractivity contribution >= 4 is 11.8 Å². The van der Waals surface area contributed by atoms with Gasteiger partial charge >= 0.3 is 11.8 Å². The summed E-state index contributed by atoms with van der Waals surface area (Å²) in [6.07, 6.45) is 0. The first-order valence-electron chi connectivity index (χ1n) is 10.2. The number of ether oxygens (including phenoxy) is 1. The molecule has 1 saturated heterocycles. The largest absolute Gasteiger partial charge is 0.497 e. The van der Waals surface area contributed by atoms with Gasteiger partial charge in [0.15, 0.2) is 0 Å². The van der Waals surface area contributed by atoms with Crippen LogP contribution in [0.5, 0.6) is 5.75 Å². The van der Waals surface area contributed by atoms with Gasteiger partial charge in [-0.25, -0.2) is 0 Å². The third kappa shape index (κ3) is 6.05. The van der Waals surface area contributed by atoms with E-state index in [1.807, 2.05) is 54.6 Å². The summed E-state index contributed by atoms with van der Waals surface area (Å²) in [5, 5.41) is 5.49. The minimum atomic E-state index is -0.620. The third-order valence-corrected chi connectivity index (χ3v) is 5.44. The lowest BCUT2D eigenvalue weighted by atomic mass is 10.0. The fourth-order valence-corrected chi connectivity index (χ4v) is 3.55. The predicted molar refractivity (Wildman–Crippen MR) is 116 cm³/mol. The molecule has 7 nitrogen and oxygen atoms in total. The molecule has 2 amide bonds. The maximum atomic E-state index is 12.4. The molecule has 1 unspecified atom stereocenters. The zero-order chi connectivity index (χ0) is 21.3. The van der Waals surface area contributed by atoms with Crippen LogP contribution in [-0.4, -0.2) is 68.5 Å². The molecular formula is C23H30N4O3. The van der Waals surface area contributed by atoms with Crippen molar-refractivity contribution in [1.29, 1.82) is 0 Å². The van der Waals surface area contributed by atoms with Crippen molar-refractivity contribution < 1.29 is 14.3 Å². The normalized spacial score (nSPS) is 15.9. The van der Waals surface area contributed by atoms with Crippen molar-refractivity contribution in [3.8, 4) is 5.75 Å². The molecule has 1 heterocycles. The number of nitrogens with one attached hydrogen (secondary N) is 2. The SMILES string of the molecule is COc1ccc(C(CNC(=O)C(=O)NCc2ccccc2)N2CCN(C)CC2)cc1. The molecule has 0 aliphatic carbocycles. The summed E-state index contributed by atoms with van der Waals surface area (Å²) in [6, 6.07) is 17.4. The van der Waals surface area contributed by atoms with Crippen LogP contribution in [0.15, 0.2) is 54.6 Å². The number of nitrogens with zero attached hydrogens (tertiary/aromatic N) is 2. The Balaban J connectivity index is 1.60. The van der Waals surface area contributed by atoms with Gasteiger partial charge in [-0.2, -0.15) is 0 Å². The molecule has 0 saturated carbocycles. The zero-order valence-electron chi connectivity index (χ0n) is 17.6. The molecule has 2 aromatic carbocycles. The number of carbonyl (C=O) groups excluding carboxylic acids is 2. The molecular weight excluding hydrogens is 380 g/mol. The third-order valence-electron chi connectivity index (χ3n) is 5.44. The minimum Gasteiger partial charge on any atom is -0.497 e. The molecule has 7 heteroatoms. The van der Waals surface area contributed by atoms with Crippen LogP contribution in [0.2, 0.25) is 0 Å². The van der Waals surface area contributed by atoms with E-state index in [2.05, 4.69) is 27.5 Å². The highest BCUT2D eigenvalue weighted by Gasteiger charge is 2.25. The lowest BCUT2D eigenvalue weighted by Gasteiger charge is -2.38. The first-order chi connectivity index (χ1) is 14.6. The van der Waals surface area contributed by atoms with Gasteiger partial charge in [-0.05, 0) is 30.3 Å². The van der Waals surface area contributed by atoms with Crippen molar-refractivity contribution in [3.05, 3.63) is 65.7 Å². The van der Waals surface area contributed by atoms with Crippen LogP contribution in [0.25, 0.3) is 0 Å². The quantitative estimate of drug-likeness (QED) is 0.676. The second kappa shape index (κ2) is 10.8. The van der Waals surface area contributed by atoms with Gasteiger partial charge in [-0.15, -0.1) is 0 Å². The summed E-state index contributed by atoms with van der Waals surface area (Å²) in [5.41, 5.74) is 2.04. The van der Waals surface area contributed by atoms with Crippen molar-refractivity contribution in [1.82, 2.24) is 20.4 Å².